The molecule has 5 heteroatoms. The van der Waals surface area contributed by atoms with Gasteiger partial charge < -0.3 is 13.7 Å². The van der Waals surface area contributed by atoms with Crippen molar-refractivity contribution in [2.75, 3.05) is 4.90 Å². The van der Waals surface area contributed by atoms with E-state index < -0.39 is 0 Å². The highest BCUT2D eigenvalue weighted by Crippen LogP contribution is 2.41. The molecule has 0 radical (unpaired) electrons. The van der Waals surface area contributed by atoms with E-state index in [1.54, 1.807) is 24.8 Å². The average molecular weight is 554 g/mol. The lowest BCUT2D eigenvalue weighted by atomic mass is 9.98. The van der Waals surface area contributed by atoms with Crippen molar-refractivity contribution in [3.63, 3.8) is 0 Å². The van der Waals surface area contributed by atoms with Crippen molar-refractivity contribution in [2.45, 2.75) is 0 Å². The first-order valence-electron chi connectivity index (χ1n) is 14.2. The van der Waals surface area contributed by atoms with Crippen LogP contribution in [0.2, 0.25) is 0 Å². The fourth-order valence-electron chi connectivity index (χ4n) is 6.23. The second-order valence-corrected chi connectivity index (χ2v) is 10.7. The molecule has 0 amide bonds. The van der Waals surface area contributed by atoms with Crippen LogP contribution in [-0.4, -0.2) is 9.97 Å². The second kappa shape index (κ2) is 9.29. The smallest absolute Gasteiger partial charge is 0.153 e. The van der Waals surface area contributed by atoms with Gasteiger partial charge >= 0.3 is 0 Å². The molecule has 5 aromatic carbocycles. The number of hydrogen-bond donors (Lipinski definition) is 0. The maximum Gasteiger partial charge on any atom is 0.153 e. The van der Waals surface area contributed by atoms with E-state index in [0.29, 0.717) is 0 Å². The topological polar surface area (TPSA) is 55.3 Å². The third kappa shape index (κ3) is 3.79. The van der Waals surface area contributed by atoms with Gasteiger partial charge in [0.25, 0.3) is 0 Å². The van der Waals surface area contributed by atoms with E-state index in [0.717, 1.165) is 60.9 Å². The Kier molecular flexibility index (Phi) is 5.13. The number of pyridine rings is 2. The normalized spacial score (nSPS) is 11.7. The molecule has 0 saturated carbocycles. The zero-order valence-corrected chi connectivity index (χ0v) is 22.9. The largest absolute Gasteiger partial charge is 0.454 e. The highest BCUT2D eigenvalue weighted by molar-refractivity contribution is 6.08. The van der Waals surface area contributed by atoms with Crippen molar-refractivity contribution in [1.82, 2.24) is 9.97 Å². The standard InChI is InChI=1S/C38H23N3O2/c1-2-6-29-24(4-1)5-3-7-30(29)25-8-10-26(11-9-25)41(27-13-15-35-34(20-27)33-17-19-40-23-38(33)42-35)28-12-14-31-32-16-18-39-22-37(32)43-36(31)21-28/h1-23H. The van der Waals surface area contributed by atoms with Crippen molar-refractivity contribution in [1.29, 1.82) is 0 Å². The second-order valence-electron chi connectivity index (χ2n) is 10.7. The van der Waals surface area contributed by atoms with Gasteiger partial charge in [-0.1, -0.05) is 54.6 Å². The molecule has 9 aromatic rings. The molecule has 5 nitrogen and oxygen atoms in total. The number of aromatic nitrogens is 2. The Morgan fingerprint density at radius 2 is 1.09 bits per heavy atom. The lowest BCUT2D eigenvalue weighted by Gasteiger charge is -2.26. The van der Waals surface area contributed by atoms with E-state index in [1.807, 2.05) is 18.2 Å². The summed E-state index contributed by atoms with van der Waals surface area (Å²) in [6.07, 6.45) is 7.14. The van der Waals surface area contributed by atoms with Crippen molar-refractivity contribution in [3.05, 3.63) is 140 Å². The Labute approximate surface area is 246 Å². The number of hydrogen-bond acceptors (Lipinski definition) is 5. The Morgan fingerprint density at radius 3 is 1.93 bits per heavy atom. The fourth-order valence-corrected chi connectivity index (χ4v) is 6.23. The molecular weight excluding hydrogens is 530 g/mol. The zero-order valence-electron chi connectivity index (χ0n) is 22.9. The van der Waals surface area contributed by atoms with Gasteiger partial charge in [-0.25, -0.2) is 0 Å². The number of benzene rings is 5. The summed E-state index contributed by atoms with van der Waals surface area (Å²) < 4.78 is 12.3. The lowest BCUT2D eigenvalue weighted by Crippen LogP contribution is -2.09. The van der Waals surface area contributed by atoms with Crippen LogP contribution in [0.1, 0.15) is 0 Å². The van der Waals surface area contributed by atoms with E-state index in [2.05, 4.69) is 112 Å². The zero-order chi connectivity index (χ0) is 28.3. The monoisotopic (exact) mass is 553 g/mol. The summed E-state index contributed by atoms with van der Waals surface area (Å²) in [7, 11) is 0. The van der Waals surface area contributed by atoms with Gasteiger partial charge in [0.15, 0.2) is 11.2 Å². The molecule has 202 valence electrons. The van der Waals surface area contributed by atoms with Crippen LogP contribution in [0.15, 0.2) is 149 Å². The molecule has 0 saturated heterocycles. The molecule has 0 unspecified atom stereocenters. The maximum absolute atomic E-state index is 6.24. The number of furan rings is 2. The van der Waals surface area contributed by atoms with Crippen LogP contribution in [0, 0.1) is 0 Å². The minimum atomic E-state index is 0.776. The summed E-state index contributed by atoms with van der Waals surface area (Å²) in [6, 6.07) is 40.5. The first kappa shape index (κ1) is 23.7. The van der Waals surface area contributed by atoms with Crippen LogP contribution in [-0.2, 0) is 0 Å². The molecule has 0 spiro atoms. The maximum atomic E-state index is 6.24. The molecule has 0 N–H and O–H groups in total. The van der Waals surface area contributed by atoms with Crippen LogP contribution in [0.5, 0.6) is 0 Å². The van der Waals surface area contributed by atoms with Gasteiger partial charge in [-0.3, -0.25) is 9.97 Å². The minimum absolute atomic E-state index is 0.776. The van der Waals surface area contributed by atoms with Crippen LogP contribution in [0.25, 0.3) is 65.8 Å². The summed E-state index contributed by atoms with van der Waals surface area (Å²) in [6.45, 7) is 0. The van der Waals surface area contributed by atoms with Gasteiger partial charge in [-0.15, -0.1) is 0 Å². The molecule has 0 atom stereocenters. The molecule has 43 heavy (non-hydrogen) atoms. The summed E-state index contributed by atoms with van der Waals surface area (Å²) >= 11 is 0. The molecule has 0 aliphatic rings. The Hall–Kier alpha value is -5.94. The van der Waals surface area contributed by atoms with Crippen LogP contribution >= 0.6 is 0 Å². The predicted octanol–water partition coefficient (Wildman–Crippen LogP) is 10.6. The van der Waals surface area contributed by atoms with E-state index in [9.17, 15) is 0 Å². The predicted molar refractivity (Wildman–Crippen MR) is 174 cm³/mol. The number of anilines is 3. The van der Waals surface area contributed by atoms with E-state index in [1.165, 1.54) is 21.9 Å². The average Bonchev–Trinajstić information content (AvgIpc) is 3.63. The molecule has 0 fully saturated rings. The summed E-state index contributed by atoms with van der Waals surface area (Å²) in [4.78, 5) is 10.7. The summed E-state index contributed by atoms with van der Waals surface area (Å²) in [5.74, 6) is 0. The Bertz CT molecular complexity index is 2470. The van der Waals surface area contributed by atoms with Crippen molar-refractivity contribution >= 4 is 71.7 Å². The molecule has 9 rings (SSSR count). The fraction of sp³-hybridized carbons (Fsp3) is 0. The molecule has 0 bridgehead atoms. The molecular formula is C38H23N3O2. The summed E-state index contributed by atoms with van der Waals surface area (Å²) in [5, 5.41) is 6.68. The molecule has 4 aromatic heterocycles. The van der Waals surface area contributed by atoms with Crippen molar-refractivity contribution in [2.24, 2.45) is 0 Å². The third-order valence-electron chi connectivity index (χ3n) is 8.26. The first-order chi connectivity index (χ1) is 21.3. The van der Waals surface area contributed by atoms with Gasteiger partial charge in [-0.2, -0.15) is 0 Å². The quantitative estimate of drug-likeness (QED) is 0.217. The highest BCUT2D eigenvalue weighted by atomic mass is 16.3. The number of rotatable bonds is 4. The van der Waals surface area contributed by atoms with Crippen LogP contribution in [0.3, 0.4) is 0 Å². The Morgan fingerprint density at radius 1 is 0.442 bits per heavy atom. The number of nitrogens with zero attached hydrogens (tertiary/aromatic N) is 3. The van der Waals surface area contributed by atoms with E-state index in [4.69, 9.17) is 8.83 Å². The summed E-state index contributed by atoms with van der Waals surface area (Å²) in [5.41, 5.74) is 8.64. The minimum Gasteiger partial charge on any atom is -0.454 e. The SMILES string of the molecule is c1ccc2c(-c3ccc(N(c4ccc5c(c4)oc4cnccc45)c4ccc5oc6cnccc6c5c4)cc3)cccc2c1. The highest BCUT2D eigenvalue weighted by Gasteiger charge is 2.18. The van der Waals surface area contributed by atoms with Gasteiger partial charge in [0, 0.05) is 57.1 Å². The van der Waals surface area contributed by atoms with Crippen LogP contribution < -0.4 is 4.90 Å². The number of fused-ring (bicyclic) bond motifs is 7. The molecule has 0 aliphatic heterocycles. The molecule has 4 heterocycles. The van der Waals surface area contributed by atoms with Gasteiger partial charge in [0.05, 0.1) is 12.4 Å². The van der Waals surface area contributed by atoms with Gasteiger partial charge in [0.1, 0.15) is 11.2 Å². The third-order valence-corrected chi connectivity index (χ3v) is 8.26. The first-order valence-corrected chi connectivity index (χ1v) is 14.2. The van der Waals surface area contributed by atoms with Gasteiger partial charge in [0.2, 0.25) is 0 Å². The van der Waals surface area contributed by atoms with E-state index >= 15 is 0 Å². The van der Waals surface area contributed by atoms with Crippen LogP contribution in [0.4, 0.5) is 17.1 Å². The molecule has 0 aliphatic carbocycles. The van der Waals surface area contributed by atoms with Gasteiger partial charge in [-0.05, 0) is 76.5 Å². The Balaban J connectivity index is 1.23. The van der Waals surface area contributed by atoms with Crippen molar-refractivity contribution < 1.29 is 8.83 Å². The lowest BCUT2D eigenvalue weighted by molar-refractivity contribution is 0.666. The van der Waals surface area contributed by atoms with Crippen molar-refractivity contribution in [3.8, 4) is 11.1 Å². The van der Waals surface area contributed by atoms with E-state index in [-0.39, 0.29) is 0 Å².